The summed E-state index contributed by atoms with van der Waals surface area (Å²) in [4.78, 5) is 26.5. The molecule has 1 aromatic rings. The predicted molar refractivity (Wildman–Crippen MR) is 77.4 cm³/mol. The average molecular weight is 278 g/mol. The average Bonchev–Trinajstić information content (AvgIpc) is 2.44. The Hall–Kier alpha value is -1.66. The highest BCUT2D eigenvalue weighted by atomic mass is 16.2. The van der Waals surface area contributed by atoms with Crippen molar-refractivity contribution in [2.24, 2.45) is 5.84 Å². The highest BCUT2D eigenvalue weighted by molar-refractivity contribution is 5.93. The van der Waals surface area contributed by atoms with E-state index in [0.717, 1.165) is 37.3 Å². The number of nitrogens with two attached hydrogens (primary N) is 1. The fourth-order valence-electron chi connectivity index (χ4n) is 2.78. The highest BCUT2D eigenvalue weighted by Crippen LogP contribution is 2.21. The van der Waals surface area contributed by atoms with Gasteiger partial charge in [-0.3, -0.25) is 19.9 Å². The van der Waals surface area contributed by atoms with Crippen molar-refractivity contribution >= 4 is 5.91 Å². The number of hydrazine groups is 1. The van der Waals surface area contributed by atoms with E-state index >= 15 is 0 Å². The van der Waals surface area contributed by atoms with Gasteiger partial charge in [0.2, 0.25) is 0 Å². The van der Waals surface area contributed by atoms with Crippen LogP contribution in [0.5, 0.6) is 0 Å². The molecule has 6 heteroatoms. The summed E-state index contributed by atoms with van der Waals surface area (Å²) in [7, 11) is 0. The lowest BCUT2D eigenvalue weighted by atomic mass is 10.0. The smallest absolute Gasteiger partial charge is 0.270 e. The number of nitrogens with one attached hydrogen (secondary N) is 1. The van der Waals surface area contributed by atoms with Crippen LogP contribution in [0.2, 0.25) is 0 Å². The molecule has 0 radical (unpaired) electrons. The van der Waals surface area contributed by atoms with E-state index in [0.29, 0.717) is 0 Å². The van der Waals surface area contributed by atoms with Crippen LogP contribution in [0.3, 0.4) is 0 Å². The van der Waals surface area contributed by atoms with Crippen molar-refractivity contribution in [2.75, 3.05) is 13.1 Å². The molecular weight excluding hydrogens is 256 g/mol. The van der Waals surface area contributed by atoms with Crippen molar-refractivity contribution in [2.45, 2.75) is 39.8 Å². The number of carbonyl (C=O) groups excluding carboxylic acids is 1. The van der Waals surface area contributed by atoms with Gasteiger partial charge in [-0.2, -0.15) is 0 Å². The van der Waals surface area contributed by atoms with Crippen molar-refractivity contribution in [1.29, 1.82) is 0 Å². The molecule has 0 saturated heterocycles. The van der Waals surface area contributed by atoms with Crippen LogP contribution in [0.15, 0.2) is 10.9 Å². The van der Waals surface area contributed by atoms with Crippen molar-refractivity contribution in [3.8, 4) is 0 Å². The molecule has 0 aliphatic carbocycles. The Morgan fingerprint density at radius 3 is 2.75 bits per heavy atom. The minimum Gasteiger partial charge on any atom is -0.309 e. The number of carbonyl (C=O) groups is 1. The summed E-state index contributed by atoms with van der Waals surface area (Å²) in [5, 5.41) is 0. The number of hydrogen-bond acceptors (Lipinski definition) is 4. The van der Waals surface area contributed by atoms with Crippen molar-refractivity contribution in [1.82, 2.24) is 14.9 Å². The van der Waals surface area contributed by atoms with Gasteiger partial charge in [-0.15, -0.1) is 0 Å². The van der Waals surface area contributed by atoms with Gasteiger partial charge in [0.05, 0.1) is 0 Å². The van der Waals surface area contributed by atoms with Gasteiger partial charge in [-0.05, 0) is 32.0 Å². The third-order valence-electron chi connectivity index (χ3n) is 3.83. The summed E-state index contributed by atoms with van der Waals surface area (Å²) >= 11 is 0. The predicted octanol–water partition coefficient (Wildman–Crippen LogP) is 0.411. The lowest BCUT2D eigenvalue weighted by molar-refractivity contribution is 0.0951. The Morgan fingerprint density at radius 2 is 2.20 bits per heavy atom. The number of likely N-dealkylation sites (N-methyl/N-ethyl adjacent to an activating group) is 1. The minimum atomic E-state index is -0.527. The summed E-state index contributed by atoms with van der Waals surface area (Å²) in [6, 6.07) is 1.72. The second-order valence-electron chi connectivity index (χ2n) is 5.39. The van der Waals surface area contributed by atoms with E-state index in [1.165, 1.54) is 0 Å². The molecule has 2 heterocycles. The largest absolute Gasteiger partial charge is 0.309 e. The van der Waals surface area contributed by atoms with Gasteiger partial charge in [0.1, 0.15) is 5.56 Å². The van der Waals surface area contributed by atoms with Crippen LogP contribution in [0, 0.1) is 0 Å². The second-order valence-corrected chi connectivity index (χ2v) is 5.39. The van der Waals surface area contributed by atoms with E-state index in [1.54, 1.807) is 10.6 Å². The van der Waals surface area contributed by atoms with Gasteiger partial charge < -0.3 is 4.57 Å². The van der Waals surface area contributed by atoms with Gasteiger partial charge in [-0.1, -0.05) is 6.92 Å². The molecule has 1 aliphatic heterocycles. The molecule has 3 N–H and O–H groups in total. The number of rotatable bonds is 3. The molecule has 1 aliphatic rings. The third-order valence-corrected chi connectivity index (χ3v) is 3.83. The van der Waals surface area contributed by atoms with E-state index < -0.39 is 5.91 Å². The van der Waals surface area contributed by atoms with Gasteiger partial charge in [0, 0.05) is 31.2 Å². The van der Waals surface area contributed by atoms with E-state index in [2.05, 4.69) is 17.2 Å². The molecule has 0 atom stereocenters. The van der Waals surface area contributed by atoms with E-state index in [9.17, 15) is 9.59 Å². The first-order valence-corrected chi connectivity index (χ1v) is 7.00. The first-order chi connectivity index (χ1) is 9.49. The Morgan fingerprint density at radius 1 is 1.50 bits per heavy atom. The minimum absolute atomic E-state index is 0.0231. The van der Waals surface area contributed by atoms with E-state index in [4.69, 9.17) is 5.84 Å². The van der Waals surface area contributed by atoms with Crippen molar-refractivity contribution in [3.63, 3.8) is 0 Å². The third kappa shape index (κ3) is 2.48. The zero-order valence-corrected chi connectivity index (χ0v) is 12.3. The van der Waals surface area contributed by atoms with Crippen LogP contribution in [0.1, 0.15) is 48.4 Å². The summed E-state index contributed by atoms with van der Waals surface area (Å²) in [5.41, 5.74) is 4.01. The van der Waals surface area contributed by atoms with Crippen molar-refractivity contribution < 1.29 is 4.79 Å². The van der Waals surface area contributed by atoms with Gasteiger partial charge in [0.25, 0.3) is 11.5 Å². The first-order valence-electron chi connectivity index (χ1n) is 7.00. The zero-order chi connectivity index (χ0) is 14.9. The monoisotopic (exact) mass is 278 g/mol. The maximum atomic E-state index is 12.5. The summed E-state index contributed by atoms with van der Waals surface area (Å²) in [6.45, 7) is 8.69. The number of nitrogen functional groups attached to an aromatic ring is 1. The number of fused-ring (bicyclic) bond motifs is 1. The van der Waals surface area contributed by atoms with E-state index in [1.807, 2.05) is 13.8 Å². The van der Waals surface area contributed by atoms with Crippen LogP contribution in [-0.2, 0) is 13.0 Å². The van der Waals surface area contributed by atoms with E-state index in [-0.39, 0.29) is 17.2 Å². The maximum absolute atomic E-state index is 12.5. The first kappa shape index (κ1) is 14.7. The topological polar surface area (TPSA) is 80.4 Å². The molecule has 2 rings (SSSR count). The molecular formula is C14H22N4O2. The SMILES string of the molecule is CCN1CCc2c(cc(C(=O)NN)c(=O)n2C(C)C)C1. The van der Waals surface area contributed by atoms with Crippen LogP contribution in [-0.4, -0.2) is 28.5 Å². The standard InChI is InChI=1S/C14H22N4O2/c1-4-17-6-5-12-10(8-17)7-11(13(19)16-15)14(20)18(12)9(2)3/h7,9H,4-6,8,15H2,1-3H3,(H,16,19). The quantitative estimate of drug-likeness (QED) is 0.477. The normalized spacial score (nSPS) is 15.2. The molecule has 0 saturated carbocycles. The molecule has 0 spiro atoms. The molecule has 0 aromatic carbocycles. The molecule has 0 fully saturated rings. The number of amides is 1. The Kier molecular flexibility index (Phi) is 4.25. The summed E-state index contributed by atoms with van der Waals surface area (Å²) < 4.78 is 1.73. The number of aromatic nitrogens is 1. The molecule has 110 valence electrons. The molecule has 0 unspecified atom stereocenters. The zero-order valence-electron chi connectivity index (χ0n) is 12.3. The van der Waals surface area contributed by atoms with Crippen LogP contribution in [0.25, 0.3) is 0 Å². The Balaban J connectivity index is 2.62. The number of pyridine rings is 1. The fraction of sp³-hybridized carbons (Fsp3) is 0.571. The molecule has 6 nitrogen and oxygen atoms in total. The molecule has 1 aromatic heterocycles. The molecule has 20 heavy (non-hydrogen) atoms. The van der Waals surface area contributed by atoms with Crippen LogP contribution >= 0.6 is 0 Å². The fourth-order valence-corrected chi connectivity index (χ4v) is 2.78. The molecule has 1 amide bonds. The lowest BCUT2D eigenvalue weighted by Crippen LogP contribution is -2.41. The maximum Gasteiger partial charge on any atom is 0.270 e. The Bertz CT molecular complexity index is 577. The van der Waals surface area contributed by atoms with Gasteiger partial charge >= 0.3 is 0 Å². The highest BCUT2D eigenvalue weighted by Gasteiger charge is 2.24. The number of hydrogen-bond donors (Lipinski definition) is 2. The molecule has 0 bridgehead atoms. The Labute approximate surface area is 118 Å². The van der Waals surface area contributed by atoms with Crippen LogP contribution in [0.4, 0.5) is 0 Å². The summed E-state index contributed by atoms with van der Waals surface area (Å²) in [5.74, 6) is 4.64. The lowest BCUT2D eigenvalue weighted by Gasteiger charge is -2.31. The van der Waals surface area contributed by atoms with Crippen LogP contribution < -0.4 is 16.8 Å². The number of nitrogens with zero attached hydrogens (tertiary/aromatic N) is 2. The summed E-state index contributed by atoms with van der Waals surface area (Å²) in [6.07, 6.45) is 0.834. The van der Waals surface area contributed by atoms with Gasteiger partial charge in [-0.25, -0.2) is 5.84 Å². The van der Waals surface area contributed by atoms with Crippen molar-refractivity contribution in [3.05, 3.63) is 33.2 Å². The second kappa shape index (κ2) is 5.76. The van der Waals surface area contributed by atoms with Gasteiger partial charge in [0.15, 0.2) is 0 Å².